The molecule has 1 unspecified atom stereocenters. The van der Waals surface area contributed by atoms with Crippen molar-refractivity contribution in [3.8, 4) is 0 Å². The second-order valence-corrected chi connectivity index (χ2v) is 8.90. The molecule has 4 rings (SSSR count). The first-order chi connectivity index (χ1) is 14.5. The van der Waals surface area contributed by atoms with E-state index in [0.29, 0.717) is 16.5 Å². The quantitative estimate of drug-likeness (QED) is 0.425. The topological polar surface area (TPSA) is 84.0 Å². The summed E-state index contributed by atoms with van der Waals surface area (Å²) in [5.74, 6) is -0.441. The van der Waals surface area contributed by atoms with E-state index in [1.807, 2.05) is 56.3 Å². The summed E-state index contributed by atoms with van der Waals surface area (Å²) in [7, 11) is 0. The summed E-state index contributed by atoms with van der Waals surface area (Å²) in [6.07, 6.45) is 0. The van der Waals surface area contributed by atoms with Crippen LogP contribution in [0, 0.1) is 5.92 Å². The van der Waals surface area contributed by atoms with Crippen LogP contribution in [0.4, 0.5) is 10.8 Å². The predicted molar refractivity (Wildman–Crippen MR) is 122 cm³/mol. The highest BCUT2D eigenvalue weighted by atomic mass is 32.1. The maximum absolute atomic E-state index is 13.0. The number of thiazole rings is 2. The summed E-state index contributed by atoms with van der Waals surface area (Å²) in [6, 6.07) is 15.2. The number of rotatable bonds is 6. The Kier molecular flexibility index (Phi) is 5.87. The molecule has 30 heavy (non-hydrogen) atoms. The summed E-state index contributed by atoms with van der Waals surface area (Å²) in [4.78, 5) is 33.7. The molecule has 1 atom stereocenters. The van der Waals surface area contributed by atoms with Gasteiger partial charge in [0.2, 0.25) is 5.91 Å². The second kappa shape index (κ2) is 8.73. The van der Waals surface area contributed by atoms with Crippen LogP contribution in [0.5, 0.6) is 0 Å². The van der Waals surface area contributed by atoms with Gasteiger partial charge in [-0.15, -0.1) is 11.3 Å². The Hall–Kier alpha value is -3.10. The van der Waals surface area contributed by atoms with Crippen molar-refractivity contribution in [3.05, 3.63) is 70.7 Å². The molecule has 0 fully saturated rings. The largest absolute Gasteiger partial charge is 0.321 e. The highest BCUT2D eigenvalue weighted by Gasteiger charge is 2.25. The molecular weight excluding hydrogens is 416 g/mol. The number of hydrogen-bond acceptors (Lipinski definition) is 6. The number of fused-ring (bicyclic) bond motifs is 1. The van der Waals surface area contributed by atoms with Gasteiger partial charge in [-0.2, -0.15) is 0 Å². The zero-order valence-corrected chi connectivity index (χ0v) is 18.1. The molecule has 0 spiro atoms. The van der Waals surface area contributed by atoms with Crippen molar-refractivity contribution < 1.29 is 9.59 Å². The normalized spacial score (nSPS) is 12.1. The highest BCUT2D eigenvalue weighted by molar-refractivity contribution is 7.22. The Labute approximate surface area is 182 Å². The fourth-order valence-corrected chi connectivity index (χ4v) is 4.70. The van der Waals surface area contributed by atoms with E-state index in [9.17, 15) is 9.59 Å². The minimum absolute atomic E-state index is 0.0766. The molecule has 0 saturated carbocycles. The molecule has 0 saturated heterocycles. The van der Waals surface area contributed by atoms with Crippen LogP contribution in [0.2, 0.25) is 0 Å². The molecule has 0 radical (unpaired) electrons. The molecule has 0 aliphatic carbocycles. The third-order valence-electron chi connectivity index (χ3n) is 4.65. The molecule has 2 aromatic heterocycles. The third-order valence-corrected chi connectivity index (χ3v) is 6.17. The van der Waals surface area contributed by atoms with Gasteiger partial charge >= 0.3 is 0 Å². The standard InChI is InChI=1S/C22H20N4O2S2/c1-13(2)19(14-6-4-3-5-7-14)21(28)26-22-25-16-9-8-15(10-18(16)30-22)24-20(27)17-11-29-12-23-17/h3-13,19H,1-2H3,(H,24,27)(H,25,26,28). The molecule has 4 aromatic rings. The van der Waals surface area contributed by atoms with Crippen LogP contribution in [-0.2, 0) is 4.79 Å². The number of hydrogen-bond donors (Lipinski definition) is 2. The zero-order valence-electron chi connectivity index (χ0n) is 16.5. The molecule has 152 valence electrons. The number of carbonyl (C=O) groups excluding carboxylic acids is 2. The molecule has 0 bridgehead atoms. The molecule has 2 heterocycles. The summed E-state index contributed by atoms with van der Waals surface area (Å²) in [5.41, 5.74) is 4.42. The minimum atomic E-state index is -0.258. The second-order valence-electron chi connectivity index (χ2n) is 7.15. The fraction of sp³-hybridized carbons (Fsp3) is 0.182. The molecule has 0 aliphatic rings. The Balaban J connectivity index is 1.52. The minimum Gasteiger partial charge on any atom is -0.321 e. The van der Waals surface area contributed by atoms with Crippen molar-refractivity contribution in [1.29, 1.82) is 0 Å². The lowest BCUT2D eigenvalue weighted by Crippen LogP contribution is -2.25. The Morgan fingerprint density at radius 3 is 2.53 bits per heavy atom. The van der Waals surface area contributed by atoms with Gasteiger partial charge in [0.25, 0.3) is 5.91 Å². The molecule has 2 aromatic carbocycles. The van der Waals surface area contributed by atoms with E-state index in [4.69, 9.17) is 0 Å². The number of nitrogens with one attached hydrogen (secondary N) is 2. The van der Waals surface area contributed by atoms with Crippen LogP contribution >= 0.6 is 22.7 Å². The van der Waals surface area contributed by atoms with Gasteiger partial charge in [0, 0.05) is 11.1 Å². The van der Waals surface area contributed by atoms with Gasteiger partial charge in [-0.1, -0.05) is 55.5 Å². The van der Waals surface area contributed by atoms with E-state index in [0.717, 1.165) is 15.8 Å². The van der Waals surface area contributed by atoms with Gasteiger partial charge in [-0.25, -0.2) is 9.97 Å². The lowest BCUT2D eigenvalue weighted by molar-refractivity contribution is -0.118. The number of anilines is 2. The SMILES string of the molecule is CC(C)C(C(=O)Nc1nc2ccc(NC(=O)c3cscn3)cc2s1)c1ccccc1. The zero-order chi connectivity index (χ0) is 21.1. The molecule has 6 nitrogen and oxygen atoms in total. The maximum Gasteiger partial charge on any atom is 0.275 e. The lowest BCUT2D eigenvalue weighted by atomic mass is 9.88. The van der Waals surface area contributed by atoms with Gasteiger partial charge in [0.1, 0.15) is 5.69 Å². The predicted octanol–water partition coefficient (Wildman–Crippen LogP) is 5.38. The van der Waals surface area contributed by atoms with Gasteiger partial charge < -0.3 is 10.6 Å². The summed E-state index contributed by atoms with van der Waals surface area (Å²) in [6.45, 7) is 4.07. The first-order valence-corrected chi connectivity index (χ1v) is 11.2. The monoisotopic (exact) mass is 436 g/mol. The molecular formula is C22H20N4O2S2. The van der Waals surface area contributed by atoms with Crippen molar-refractivity contribution in [2.75, 3.05) is 10.6 Å². The molecule has 2 amide bonds. The Morgan fingerprint density at radius 1 is 1.03 bits per heavy atom. The first kappa shape index (κ1) is 20.2. The molecule has 0 aliphatic heterocycles. The van der Waals surface area contributed by atoms with E-state index in [2.05, 4.69) is 20.6 Å². The van der Waals surface area contributed by atoms with Crippen LogP contribution in [-0.4, -0.2) is 21.8 Å². The van der Waals surface area contributed by atoms with E-state index in [1.54, 1.807) is 17.0 Å². The first-order valence-electron chi connectivity index (χ1n) is 9.47. The number of aromatic nitrogens is 2. The summed E-state index contributed by atoms with van der Waals surface area (Å²) in [5, 5.41) is 8.05. The van der Waals surface area contributed by atoms with Gasteiger partial charge in [0.15, 0.2) is 5.13 Å². The maximum atomic E-state index is 13.0. The number of carbonyl (C=O) groups is 2. The average molecular weight is 437 g/mol. The summed E-state index contributed by atoms with van der Waals surface area (Å²) >= 11 is 2.75. The summed E-state index contributed by atoms with van der Waals surface area (Å²) < 4.78 is 0.877. The van der Waals surface area contributed by atoms with Gasteiger partial charge in [-0.3, -0.25) is 9.59 Å². The smallest absolute Gasteiger partial charge is 0.275 e. The van der Waals surface area contributed by atoms with Gasteiger partial charge in [-0.05, 0) is 29.7 Å². The van der Waals surface area contributed by atoms with Crippen LogP contribution in [0.15, 0.2) is 59.4 Å². The van der Waals surface area contributed by atoms with Crippen LogP contribution < -0.4 is 10.6 Å². The van der Waals surface area contributed by atoms with Crippen molar-refractivity contribution >= 4 is 55.5 Å². The van der Waals surface area contributed by atoms with Crippen LogP contribution in [0.3, 0.4) is 0 Å². The fourth-order valence-electron chi connectivity index (χ4n) is 3.26. The van der Waals surface area contributed by atoms with Crippen LogP contribution in [0.1, 0.15) is 35.8 Å². The third kappa shape index (κ3) is 4.39. The Bertz CT molecular complexity index is 1170. The van der Waals surface area contributed by atoms with Gasteiger partial charge in [0.05, 0.1) is 21.6 Å². The van der Waals surface area contributed by atoms with E-state index < -0.39 is 0 Å². The van der Waals surface area contributed by atoms with Crippen molar-refractivity contribution in [2.45, 2.75) is 19.8 Å². The molecule has 2 N–H and O–H groups in total. The molecule has 8 heteroatoms. The highest BCUT2D eigenvalue weighted by Crippen LogP contribution is 2.31. The van der Waals surface area contributed by atoms with Crippen molar-refractivity contribution in [2.24, 2.45) is 5.92 Å². The van der Waals surface area contributed by atoms with E-state index in [-0.39, 0.29) is 23.7 Å². The van der Waals surface area contributed by atoms with E-state index in [1.165, 1.54) is 22.7 Å². The number of benzene rings is 2. The number of amides is 2. The average Bonchev–Trinajstić information content (AvgIpc) is 3.38. The van der Waals surface area contributed by atoms with E-state index >= 15 is 0 Å². The Morgan fingerprint density at radius 2 is 1.83 bits per heavy atom. The lowest BCUT2D eigenvalue weighted by Gasteiger charge is -2.19. The van der Waals surface area contributed by atoms with Crippen LogP contribution in [0.25, 0.3) is 10.2 Å². The van der Waals surface area contributed by atoms with Crippen molar-refractivity contribution in [3.63, 3.8) is 0 Å². The van der Waals surface area contributed by atoms with Crippen molar-refractivity contribution in [1.82, 2.24) is 9.97 Å². The number of nitrogens with zero attached hydrogens (tertiary/aromatic N) is 2.